The van der Waals surface area contributed by atoms with E-state index in [1.807, 2.05) is 31.2 Å². The molecule has 3 nitrogen and oxygen atoms in total. The number of carbonyl (C=O) groups excluding carboxylic acids is 1. The molecule has 0 aliphatic carbocycles. The zero-order valence-corrected chi connectivity index (χ0v) is 9.61. The summed E-state index contributed by atoms with van der Waals surface area (Å²) in [6.07, 6.45) is 3.17. The number of benzene rings is 1. The summed E-state index contributed by atoms with van der Waals surface area (Å²) >= 11 is 0. The normalized spacial score (nSPS) is 15.9. The summed E-state index contributed by atoms with van der Waals surface area (Å²) in [6, 6.07) is 7.55. The largest absolute Gasteiger partial charge is 0.415 e. The Bertz CT molecular complexity index is 353. The number of carbonyl (C=O) groups is 1. The molecule has 0 aromatic heterocycles. The Morgan fingerprint density at radius 2 is 1.75 bits per heavy atom. The molecular formula is C13H17NO2. The maximum absolute atomic E-state index is 11.8. The molecule has 1 aromatic carbocycles. The molecule has 0 unspecified atom stereocenters. The summed E-state index contributed by atoms with van der Waals surface area (Å²) < 4.78 is 5.30. The van der Waals surface area contributed by atoms with Gasteiger partial charge in [0.1, 0.15) is 5.75 Å². The molecule has 86 valence electrons. The fourth-order valence-corrected chi connectivity index (χ4v) is 1.85. The topological polar surface area (TPSA) is 29.5 Å². The lowest BCUT2D eigenvalue weighted by atomic mass is 10.1. The minimum absolute atomic E-state index is 0.219. The van der Waals surface area contributed by atoms with Crippen LogP contribution in [0.3, 0.4) is 0 Å². The quantitative estimate of drug-likeness (QED) is 0.726. The van der Waals surface area contributed by atoms with E-state index in [1.54, 1.807) is 4.90 Å². The van der Waals surface area contributed by atoms with Crippen molar-refractivity contribution in [2.45, 2.75) is 26.2 Å². The van der Waals surface area contributed by atoms with Gasteiger partial charge in [0.25, 0.3) is 0 Å². The van der Waals surface area contributed by atoms with Crippen LogP contribution in [0.4, 0.5) is 4.79 Å². The van der Waals surface area contributed by atoms with E-state index < -0.39 is 0 Å². The number of amides is 1. The lowest BCUT2D eigenvalue weighted by Gasteiger charge is -2.25. The van der Waals surface area contributed by atoms with Gasteiger partial charge in [-0.1, -0.05) is 17.7 Å². The van der Waals surface area contributed by atoms with E-state index in [1.165, 1.54) is 6.42 Å². The van der Waals surface area contributed by atoms with Crippen LogP contribution in [0.1, 0.15) is 24.8 Å². The predicted molar refractivity (Wildman–Crippen MR) is 62.6 cm³/mol. The van der Waals surface area contributed by atoms with Crippen LogP contribution in [0.15, 0.2) is 24.3 Å². The number of nitrogens with zero attached hydrogens (tertiary/aromatic N) is 1. The van der Waals surface area contributed by atoms with Crippen LogP contribution in [0, 0.1) is 6.92 Å². The van der Waals surface area contributed by atoms with Crippen molar-refractivity contribution in [3.63, 3.8) is 0 Å². The number of piperidine rings is 1. The van der Waals surface area contributed by atoms with Gasteiger partial charge < -0.3 is 9.64 Å². The van der Waals surface area contributed by atoms with Crippen LogP contribution in [-0.2, 0) is 0 Å². The molecule has 0 spiro atoms. The first-order valence-corrected chi connectivity index (χ1v) is 5.79. The van der Waals surface area contributed by atoms with E-state index >= 15 is 0 Å². The number of aryl methyl sites for hydroxylation is 1. The van der Waals surface area contributed by atoms with Gasteiger partial charge in [-0.15, -0.1) is 0 Å². The fraction of sp³-hybridized carbons (Fsp3) is 0.462. The van der Waals surface area contributed by atoms with Crippen LogP contribution in [0.5, 0.6) is 5.75 Å². The monoisotopic (exact) mass is 219 g/mol. The molecule has 0 N–H and O–H groups in total. The van der Waals surface area contributed by atoms with E-state index in [-0.39, 0.29) is 6.09 Å². The highest BCUT2D eigenvalue weighted by molar-refractivity contribution is 5.70. The van der Waals surface area contributed by atoms with Crippen molar-refractivity contribution in [2.75, 3.05) is 13.1 Å². The van der Waals surface area contributed by atoms with Crippen molar-refractivity contribution >= 4 is 6.09 Å². The fourth-order valence-electron chi connectivity index (χ4n) is 1.85. The van der Waals surface area contributed by atoms with E-state index in [2.05, 4.69) is 0 Å². The molecule has 1 fully saturated rings. The number of hydrogen-bond acceptors (Lipinski definition) is 2. The number of ether oxygens (including phenoxy) is 1. The summed E-state index contributed by atoms with van der Waals surface area (Å²) in [5.74, 6) is 0.626. The van der Waals surface area contributed by atoms with Gasteiger partial charge in [0.15, 0.2) is 0 Å². The van der Waals surface area contributed by atoms with Crippen LogP contribution in [0.25, 0.3) is 0 Å². The first kappa shape index (κ1) is 11.0. The molecule has 0 saturated carbocycles. The predicted octanol–water partition coefficient (Wildman–Crippen LogP) is 2.98. The zero-order chi connectivity index (χ0) is 11.4. The Labute approximate surface area is 96.0 Å². The summed E-state index contributed by atoms with van der Waals surface area (Å²) in [7, 11) is 0. The maximum atomic E-state index is 11.8. The third-order valence-electron chi connectivity index (χ3n) is 2.84. The van der Waals surface area contributed by atoms with Gasteiger partial charge in [-0.25, -0.2) is 4.79 Å². The smallest absolute Gasteiger partial charge is 0.410 e. The first-order valence-electron chi connectivity index (χ1n) is 5.79. The van der Waals surface area contributed by atoms with E-state index in [4.69, 9.17) is 4.74 Å². The molecule has 1 saturated heterocycles. The molecule has 0 radical (unpaired) electrons. The van der Waals surface area contributed by atoms with Crippen molar-refractivity contribution in [3.8, 4) is 5.75 Å². The highest BCUT2D eigenvalue weighted by Gasteiger charge is 2.17. The van der Waals surface area contributed by atoms with Crippen LogP contribution in [-0.4, -0.2) is 24.1 Å². The van der Waals surface area contributed by atoms with Crippen LogP contribution < -0.4 is 4.74 Å². The Kier molecular flexibility index (Phi) is 3.44. The van der Waals surface area contributed by atoms with Gasteiger partial charge in [0.05, 0.1) is 0 Å². The molecule has 1 heterocycles. The summed E-state index contributed by atoms with van der Waals surface area (Å²) in [4.78, 5) is 13.5. The van der Waals surface area contributed by atoms with Crippen LogP contribution in [0.2, 0.25) is 0 Å². The lowest BCUT2D eigenvalue weighted by Crippen LogP contribution is -2.37. The highest BCUT2D eigenvalue weighted by atomic mass is 16.6. The second kappa shape index (κ2) is 5.01. The molecule has 3 heteroatoms. The van der Waals surface area contributed by atoms with E-state index in [9.17, 15) is 4.79 Å². The molecule has 1 aromatic rings. The Morgan fingerprint density at radius 1 is 1.12 bits per heavy atom. The van der Waals surface area contributed by atoms with Crippen molar-refractivity contribution in [3.05, 3.63) is 29.8 Å². The zero-order valence-electron chi connectivity index (χ0n) is 9.61. The average Bonchev–Trinajstić information content (AvgIpc) is 2.33. The van der Waals surface area contributed by atoms with Gasteiger partial charge >= 0.3 is 6.09 Å². The third-order valence-corrected chi connectivity index (χ3v) is 2.84. The van der Waals surface area contributed by atoms with E-state index in [0.717, 1.165) is 31.5 Å². The standard InChI is InChI=1S/C13H17NO2/c1-11-5-7-12(8-6-11)16-13(15)14-9-3-2-4-10-14/h5-8H,2-4,9-10H2,1H3. The van der Waals surface area contributed by atoms with Crippen molar-refractivity contribution in [1.29, 1.82) is 0 Å². The van der Waals surface area contributed by atoms with Crippen molar-refractivity contribution in [1.82, 2.24) is 4.90 Å². The Balaban J connectivity index is 1.93. The Hall–Kier alpha value is -1.51. The third kappa shape index (κ3) is 2.75. The van der Waals surface area contributed by atoms with Gasteiger partial charge in [0.2, 0.25) is 0 Å². The van der Waals surface area contributed by atoms with Gasteiger partial charge in [-0.05, 0) is 38.3 Å². The number of likely N-dealkylation sites (tertiary alicyclic amines) is 1. The molecule has 1 aliphatic heterocycles. The van der Waals surface area contributed by atoms with Crippen molar-refractivity contribution < 1.29 is 9.53 Å². The summed E-state index contributed by atoms with van der Waals surface area (Å²) in [5, 5.41) is 0. The summed E-state index contributed by atoms with van der Waals surface area (Å²) in [5.41, 5.74) is 1.16. The van der Waals surface area contributed by atoms with Gasteiger partial charge in [-0.2, -0.15) is 0 Å². The minimum Gasteiger partial charge on any atom is -0.410 e. The number of rotatable bonds is 1. The molecule has 1 amide bonds. The molecule has 0 bridgehead atoms. The minimum atomic E-state index is -0.219. The molecular weight excluding hydrogens is 202 g/mol. The first-order chi connectivity index (χ1) is 7.75. The van der Waals surface area contributed by atoms with Crippen LogP contribution >= 0.6 is 0 Å². The molecule has 0 atom stereocenters. The second-order valence-corrected chi connectivity index (χ2v) is 4.23. The highest BCUT2D eigenvalue weighted by Crippen LogP contribution is 2.15. The SMILES string of the molecule is Cc1ccc(OC(=O)N2CCCCC2)cc1. The average molecular weight is 219 g/mol. The second-order valence-electron chi connectivity index (χ2n) is 4.23. The van der Waals surface area contributed by atoms with E-state index in [0.29, 0.717) is 5.75 Å². The maximum Gasteiger partial charge on any atom is 0.415 e. The lowest BCUT2D eigenvalue weighted by molar-refractivity contribution is 0.142. The number of hydrogen-bond donors (Lipinski definition) is 0. The molecule has 1 aliphatic rings. The molecule has 16 heavy (non-hydrogen) atoms. The van der Waals surface area contributed by atoms with Crippen molar-refractivity contribution in [2.24, 2.45) is 0 Å². The summed E-state index contributed by atoms with van der Waals surface area (Å²) in [6.45, 7) is 3.66. The Morgan fingerprint density at radius 3 is 2.38 bits per heavy atom. The molecule has 2 rings (SSSR count). The van der Waals surface area contributed by atoms with Gasteiger partial charge in [0, 0.05) is 13.1 Å². The van der Waals surface area contributed by atoms with Gasteiger partial charge in [-0.3, -0.25) is 0 Å².